The van der Waals surface area contributed by atoms with Crippen LogP contribution in [0.4, 0.5) is 0 Å². The third-order valence-electron chi connectivity index (χ3n) is 6.04. The highest BCUT2D eigenvalue weighted by atomic mass is 32.2. The Hall–Kier alpha value is -2.93. The summed E-state index contributed by atoms with van der Waals surface area (Å²) in [7, 11) is 0. The molecule has 1 amide bonds. The van der Waals surface area contributed by atoms with Gasteiger partial charge < -0.3 is 9.64 Å². The molecule has 3 aliphatic rings. The Kier molecular flexibility index (Phi) is 4.50. The number of aryl methyl sites for hydroxylation is 1. The van der Waals surface area contributed by atoms with E-state index in [0.29, 0.717) is 36.4 Å². The van der Waals surface area contributed by atoms with E-state index in [2.05, 4.69) is 14.9 Å². The fourth-order valence-electron chi connectivity index (χ4n) is 4.26. The molecule has 0 atom stereocenters. The van der Waals surface area contributed by atoms with Crippen LogP contribution in [0.5, 0.6) is 0 Å². The molecule has 30 heavy (non-hydrogen) atoms. The van der Waals surface area contributed by atoms with Gasteiger partial charge in [0.15, 0.2) is 5.17 Å². The van der Waals surface area contributed by atoms with E-state index >= 15 is 0 Å². The number of piperidine rings is 1. The van der Waals surface area contributed by atoms with Gasteiger partial charge in [-0.2, -0.15) is 4.99 Å². The minimum absolute atomic E-state index is 0.203. The molecule has 1 aromatic carbocycles. The summed E-state index contributed by atoms with van der Waals surface area (Å²) in [6.07, 6.45) is 3.16. The fourth-order valence-corrected chi connectivity index (χ4v) is 5.29. The maximum atomic E-state index is 12.6. The number of esters is 1. The molecular formula is C23H21N3O3S. The number of aliphatic imine (C=N–C) groups is 1. The number of amidine groups is 1. The second kappa shape index (κ2) is 7.09. The maximum Gasteiger partial charge on any atom is 0.339 e. The molecule has 152 valence electrons. The lowest BCUT2D eigenvalue weighted by molar-refractivity contribution is -0.113. The topological polar surface area (TPSA) is 71.9 Å². The van der Waals surface area contributed by atoms with Crippen molar-refractivity contribution in [2.75, 3.05) is 13.1 Å². The Morgan fingerprint density at radius 2 is 1.90 bits per heavy atom. The summed E-state index contributed by atoms with van der Waals surface area (Å²) in [5.41, 5.74) is 3.86. The summed E-state index contributed by atoms with van der Waals surface area (Å²) >= 11 is 1.42. The number of rotatable bonds is 1. The average Bonchev–Trinajstić information content (AvgIpc) is 3.27. The van der Waals surface area contributed by atoms with Crippen molar-refractivity contribution >= 4 is 34.4 Å². The van der Waals surface area contributed by atoms with Crippen molar-refractivity contribution < 1.29 is 14.3 Å². The van der Waals surface area contributed by atoms with Crippen molar-refractivity contribution in [2.24, 2.45) is 4.99 Å². The predicted molar refractivity (Wildman–Crippen MR) is 116 cm³/mol. The van der Waals surface area contributed by atoms with E-state index in [0.717, 1.165) is 27.6 Å². The smallest absolute Gasteiger partial charge is 0.339 e. The first-order valence-corrected chi connectivity index (χ1v) is 10.8. The number of hydrogen-bond donors (Lipinski definition) is 0. The lowest BCUT2D eigenvalue weighted by Crippen LogP contribution is -2.44. The summed E-state index contributed by atoms with van der Waals surface area (Å²) in [5.74, 6) is -0.444. The molecule has 1 spiro atoms. The van der Waals surface area contributed by atoms with Crippen LogP contribution in [-0.4, -0.2) is 40.0 Å². The second-order valence-corrected chi connectivity index (χ2v) is 8.84. The number of amides is 1. The van der Waals surface area contributed by atoms with Gasteiger partial charge in [0.1, 0.15) is 5.60 Å². The number of benzene rings is 1. The van der Waals surface area contributed by atoms with E-state index in [1.165, 1.54) is 11.8 Å². The number of fused-ring (bicyclic) bond motifs is 2. The van der Waals surface area contributed by atoms with Crippen molar-refractivity contribution in [3.05, 3.63) is 69.9 Å². The van der Waals surface area contributed by atoms with Gasteiger partial charge in [0.25, 0.3) is 5.91 Å². The van der Waals surface area contributed by atoms with Crippen molar-refractivity contribution in [1.29, 1.82) is 0 Å². The number of aromatic nitrogens is 1. The van der Waals surface area contributed by atoms with Gasteiger partial charge in [0.2, 0.25) is 0 Å². The number of nitrogens with zero attached hydrogens (tertiary/aromatic N) is 3. The van der Waals surface area contributed by atoms with Gasteiger partial charge in [-0.1, -0.05) is 24.3 Å². The van der Waals surface area contributed by atoms with Gasteiger partial charge in [-0.25, -0.2) is 4.79 Å². The van der Waals surface area contributed by atoms with Gasteiger partial charge in [-0.05, 0) is 48.9 Å². The molecule has 0 aliphatic carbocycles. The zero-order valence-corrected chi connectivity index (χ0v) is 17.7. The number of carbonyl (C=O) groups is 2. The van der Waals surface area contributed by atoms with Crippen LogP contribution < -0.4 is 0 Å². The number of likely N-dealkylation sites (tertiary alicyclic amines) is 1. The van der Waals surface area contributed by atoms with Gasteiger partial charge >= 0.3 is 5.97 Å². The number of hydrogen-bond acceptors (Lipinski definition) is 6. The molecule has 0 unspecified atom stereocenters. The van der Waals surface area contributed by atoms with Crippen LogP contribution in [0, 0.1) is 6.92 Å². The fraction of sp³-hybridized carbons (Fsp3) is 0.304. The molecule has 1 fully saturated rings. The Bertz CT molecular complexity index is 1110. The largest absolute Gasteiger partial charge is 0.450 e. The Labute approximate surface area is 179 Å². The number of carbonyl (C=O) groups excluding carboxylic acids is 2. The second-order valence-electron chi connectivity index (χ2n) is 7.86. The zero-order chi connectivity index (χ0) is 20.9. The minimum atomic E-state index is -0.555. The third kappa shape index (κ3) is 3.04. The van der Waals surface area contributed by atoms with E-state index in [-0.39, 0.29) is 11.9 Å². The highest BCUT2D eigenvalue weighted by molar-refractivity contribution is 8.18. The van der Waals surface area contributed by atoms with Gasteiger partial charge in [0, 0.05) is 43.4 Å². The molecule has 0 bridgehead atoms. The van der Waals surface area contributed by atoms with Crippen molar-refractivity contribution in [2.45, 2.75) is 32.3 Å². The molecule has 6 nitrogen and oxygen atoms in total. The molecule has 5 rings (SSSR count). The zero-order valence-electron chi connectivity index (χ0n) is 16.8. The Morgan fingerprint density at radius 1 is 1.13 bits per heavy atom. The van der Waals surface area contributed by atoms with Crippen LogP contribution in [0.3, 0.4) is 0 Å². The SMILES string of the molecule is CC(=C1SC(N2CCC3(CC2)OC(=O)c2ccccc23)=NC1=O)c1ccc(C)nc1. The number of ether oxygens (including phenoxy) is 1. The van der Waals surface area contributed by atoms with E-state index in [9.17, 15) is 9.59 Å². The minimum Gasteiger partial charge on any atom is -0.450 e. The van der Waals surface area contributed by atoms with Crippen LogP contribution >= 0.6 is 11.8 Å². The average molecular weight is 420 g/mol. The molecule has 0 saturated carbocycles. The first-order chi connectivity index (χ1) is 14.5. The lowest BCUT2D eigenvalue weighted by Gasteiger charge is -2.39. The Morgan fingerprint density at radius 3 is 2.63 bits per heavy atom. The quantitative estimate of drug-likeness (QED) is 0.516. The Balaban J connectivity index is 1.33. The first-order valence-electron chi connectivity index (χ1n) is 9.99. The summed E-state index contributed by atoms with van der Waals surface area (Å²) in [6, 6.07) is 11.5. The van der Waals surface area contributed by atoms with Crippen molar-refractivity contribution in [3.8, 4) is 0 Å². The van der Waals surface area contributed by atoms with Crippen LogP contribution in [0.1, 0.15) is 46.9 Å². The molecule has 7 heteroatoms. The molecule has 2 aromatic rings. The third-order valence-corrected chi connectivity index (χ3v) is 7.25. The van der Waals surface area contributed by atoms with E-state index in [1.54, 1.807) is 6.20 Å². The number of thioether (sulfide) groups is 1. The maximum absolute atomic E-state index is 12.6. The molecule has 4 heterocycles. The predicted octanol–water partition coefficient (Wildman–Crippen LogP) is 3.91. The van der Waals surface area contributed by atoms with E-state index in [1.807, 2.05) is 50.2 Å². The van der Waals surface area contributed by atoms with Crippen LogP contribution in [-0.2, 0) is 15.1 Å². The lowest BCUT2D eigenvalue weighted by atomic mass is 9.84. The monoisotopic (exact) mass is 419 g/mol. The van der Waals surface area contributed by atoms with Crippen molar-refractivity contribution in [3.63, 3.8) is 0 Å². The van der Waals surface area contributed by atoms with Crippen LogP contribution in [0.2, 0.25) is 0 Å². The van der Waals surface area contributed by atoms with Crippen LogP contribution in [0.25, 0.3) is 5.57 Å². The van der Waals surface area contributed by atoms with E-state index in [4.69, 9.17) is 4.74 Å². The normalized spacial score (nSPS) is 21.5. The molecule has 0 N–H and O–H groups in total. The van der Waals surface area contributed by atoms with Gasteiger partial charge in [0.05, 0.1) is 10.5 Å². The van der Waals surface area contributed by atoms with Crippen molar-refractivity contribution in [1.82, 2.24) is 9.88 Å². The standard InChI is InChI=1S/C23H21N3O3S/c1-14-7-8-16(13-24-14)15(2)19-20(27)25-22(30-19)26-11-9-23(10-12-26)18-6-4-3-5-17(18)21(28)29-23/h3-8,13H,9-12H2,1-2H3. The summed E-state index contributed by atoms with van der Waals surface area (Å²) in [4.78, 5) is 36.3. The highest BCUT2D eigenvalue weighted by Gasteiger charge is 2.48. The molecule has 1 saturated heterocycles. The van der Waals surface area contributed by atoms with E-state index < -0.39 is 5.60 Å². The summed E-state index contributed by atoms with van der Waals surface area (Å²) in [5, 5.41) is 0.724. The molecule has 3 aliphatic heterocycles. The molecule has 1 aromatic heterocycles. The highest BCUT2D eigenvalue weighted by Crippen LogP contribution is 2.45. The number of pyridine rings is 1. The summed E-state index contributed by atoms with van der Waals surface area (Å²) in [6.45, 7) is 5.23. The first kappa shape index (κ1) is 19.1. The van der Waals surface area contributed by atoms with Crippen LogP contribution in [0.15, 0.2) is 52.5 Å². The number of allylic oxidation sites excluding steroid dienone is 1. The summed E-state index contributed by atoms with van der Waals surface area (Å²) < 4.78 is 5.82. The van der Waals surface area contributed by atoms with Gasteiger partial charge in [-0.3, -0.25) is 9.78 Å². The molecule has 0 radical (unpaired) electrons. The van der Waals surface area contributed by atoms with Gasteiger partial charge in [-0.15, -0.1) is 0 Å². The molecular weight excluding hydrogens is 398 g/mol.